The summed E-state index contributed by atoms with van der Waals surface area (Å²) in [5, 5.41) is 2.70. The first-order valence-corrected chi connectivity index (χ1v) is 6.57. The number of carbonyl (C=O) groups excluding carboxylic acids is 1. The van der Waals surface area contributed by atoms with Gasteiger partial charge in [0.1, 0.15) is 5.75 Å². The highest BCUT2D eigenvalue weighted by atomic mass is 79.9. The Bertz CT molecular complexity index is 434. The highest BCUT2D eigenvalue weighted by molar-refractivity contribution is 9.10. The molecule has 0 saturated heterocycles. The van der Waals surface area contributed by atoms with Crippen LogP contribution in [0.1, 0.15) is 18.1 Å². The van der Waals surface area contributed by atoms with E-state index < -0.39 is 6.10 Å². The topological polar surface area (TPSA) is 38.3 Å². The minimum atomic E-state index is -0.523. The summed E-state index contributed by atoms with van der Waals surface area (Å²) in [5.41, 5.74) is 2.17. The zero-order chi connectivity index (χ0) is 13.7. The van der Waals surface area contributed by atoms with Crippen molar-refractivity contribution in [3.8, 4) is 5.75 Å². The number of nitrogens with one attached hydrogen (secondary N) is 1. The van der Waals surface area contributed by atoms with Gasteiger partial charge in [-0.2, -0.15) is 0 Å². The lowest BCUT2D eigenvalue weighted by molar-refractivity contribution is -0.127. The zero-order valence-corrected chi connectivity index (χ0v) is 12.5. The molecule has 0 bridgehead atoms. The van der Waals surface area contributed by atoms with E-state index in [1.807, 2.05) is 26.0 Å². The first-order chi connectivity index (χ1) is 8.45. The van der Waals surface area contributed by atoms with Crippen molar-refractivity contribution in [3.05, 3.63) is 40.4 Å². The molecule has 0 aromatic heterocycles. The molecule has 0 aliphatic carbocycles. The molecule has 98 valence electrons. The van der Waals surface area contributed by atoms with Crippen molar-refractivity contribution in [2.45, 2.75) is 26.9 Å². The SMILES string of the molecule is C=CCNC(=O)C(C)Oc1cc(C)c(Br)c(C)c1. The van der Waals surface area contributed by atoms with E-state index in [1.165, 1.54) is 0 Å². The number of hydrogen-bond donors (Lipinski definition) is 1. The van der Waals surface area contributed by atoms with Crippen LogP contribution < -0.4 is 10.1 Å². The molecular formula is C14H18BrNO2. The number of amides is 1. The second kappa shape index (κ2) is 6.59. The number of rotatable bonds is 5. The van der Waals surface area contributed by atoms with Gasteiger partial charge in [0.2, 0.25) is 0 Å². The number of ether oxygens (including phenoxy) is 1. The first kappa shape index (κ1) is 14.8. The van der Waals surface area contributed by atoms with E-state index in [2.05, 4.69) is 27.8 Å². The van der Waals surface area contributed by atoms with Crippen LogP contribution in [-0.4, -0.2) is 18.6 Å². The average molecular weight is 312 g/mol. The Morgan fingerprint density at radius 2 is 2.06 bits per heavy atom. The fraction of sp³-hybridized carbons (Fsp3) is 0.357. The molecule has 0 spiro atoms. The Kier molecular flexibility index (Phi) is 5.41. The van der Waals surface area contributed by atoms with Crippen LogP contribution in [0.3, 0.4) is 0 Å². The lowest BCUT2D eigenvalue weighted by Crippen LogP contribution is -2.36. The van der Waals surface area contributed by atoms with Crippen LogP contribution in [0.25, 0.3) is 0 Å². The van der Waals surface area contributed by atoms with Crippen molar-refractivity contribution in [2.24, 2.45) is 0 Å². The molecule has 1 amide bonds. The first-order valence-electron chi connectivity index (χ1n) is 5.77. The third-order valence-electron chi connectivity index (χ3n) is 2.51. The van der Waals surface area contributed by atoms with Gasteiger partial charge in [-0.05, 0) is 44.0 Å². The summed E-state index contributed by atoms with van der Waals surface area (Å²) in [6, 6.07) is 3.82. The molecule has 18 heavy (non-hydrogen) atoms. The van der Waals surface area contributed by atoms with Crippen LogP contribution in [-0.2, 0) is 4.79 Å². The Balaban J connectivity index is 2.72. The lowest BCUT2D eigenvalue weighted by atomic mass is 10.1. The average Bonchev–Trinajstić information content (AvgIpc) is 2.32. The molecule has 0 aliphatic heterocycles. The standard InChI is InChI=1S/C14H18BrNO2/c1-5-6-16-14(17)11(4)18-12-7-9(2)13(15)10(3)8-12/h5,7-8,11H,1,6H2,2-4H3,(H,16,17). The molecule has 1 aromatic carbocycles. The van der Waals surface area contributed by atoms with Crippen molar-refractivity contribution in [3.63, 3.8) is 0 Å². The summed E-state index contributed by atoms with van der Waals surface area (Å²) < 4.78 is 6.69. The number of aryl methyl sites for hydroxylation is 2. The normalized spacial score (nSPS) is 11.8. The summed E-state index contributed by atoms with van der Waals surface area (Å²) >= 11 is 3.50. The molecule has 0 radical (unpaired) electrons. The van der Waals surface area contributed by atoms with Crippen LogP contribution in [0.15, 0.2) is 29.3 Å². The second-order valence-corrected chi connectivity index (χ2v) is 4.96. The van der Waals surface area contributed by atoms with Gasteiger partial charge in [0, 0.05) is 11.0 Å². The van der Waals surface area contributed by atoms with Crippen molar-refractivity contribution in [1.82, 2.24) is 5.32 Å². The molecule has 0 heterocycles. The molecule has 1 unspecified atom stereocenters. The maximum atomic E-state index is 11.6. The van der Waals surface area contributed by atoms with E-state index in [-0.39, 0.29) is 5.91 Å². The Morgan fingerprint density at radius 1 is 1.50 bits per heavy atom. The predicted octanol–water partition coefficient (Wildman–Crippen LogP) is 3.14. The van der Waals surface area contributed by atoms with E-state index in [0.717, 1.165) is 15.6 Å². The van der Waals surface area contributed by atoms with Crippen molar-refractivity contribution in [1.29, 1.82) is 0 Å². The number of benzene rings is 1. The van der Waals surface area contributed by atoms with Crippen molar-refractivity contribution < 1.29 is 9.53 Å². The fourth-order valence-corrected chi connectivity index (χ4v) is 1.78. The molecule has 1 aromatic rings. The zero-order valence-electron chi connectivity index (χ0n) is 10.9. The molecule has 0 saturated carbocycles. The van der Waals surface area contributed by atoms with Gasteiger partial charge in [0.05, 0.1) is 0 Å². The maximum Gasteiger partial charge on any atom is 0.261 e. The molecule has 1 N–H and O–H groups in total. The van der Waals surface area contributed by atoms with E-state index in [1.54, 1.807) is 13.0 Å². The highest BCUT2D eigenvalue weighted by Gasteiger charge is 2.14. The number of hydrogen-bond acceptors (Lipinski definition) is 2. The molecule has 0 fully saturated rings. The minimum Gasteiger partial charge on any atom is -0.481 e. The molecule has 4 heteroatoms. The largest absolute Gasteiger partial charge is 0.481 e. The second-order valence-electron chi connectivity index (χ2n) is 4.16. The molecule has 0 aliphatic rings. The summed E-state index contributed by atoms with van der Waals surface area (Å²) in [4.78, 5) is 11.6. The van der Waals surface area contributed by atoms with E-state index >= 15 is 0 Å². The van der Waals surface area contributed by atoms with Crippen molar-refractivity contribution >= 4 is 21.8 Å². The van der Waals surface area contributed by atoms with Crippen LogP contribution in [0, 0.1) is 13.8 Å². The lowest BCUT2D eigenvalue weighted by Gasteiger charge is -2.15. The van der Waals surface area contributed by atoms with E-state index in [9.17, 15) is 4.79 Å². The molecular weight excluding hydrogens is 294 g/mol. The monoisotopic (exact) mass is 311 g/mol. The number of halogens is 1. The summed E-state index contributed by atoms with van der Waals surface area (Å²) in [7, 11) is 0. The van der Waals surface area contributed by atoms with Gasteiger partial charge in [0.15, 0.2) is 6.10 Å². The van der Waals surface area contributed by atoms with Crippen LogP contribution in [0.5, 0.6) is 5.75 Å². The van der Waals surface area contributed by atoms with Gasteiger partial charge in [0.25, 0.3) is 5.91 Å². The Labute approximate surface area is 116 Å². The van der Waals surface area contributed by atoms with Crippen molar-refractivity contribution in [2.75, 3.05) is 6.54 Å². The third-order valence-corrected chi connectivity index (χ3v) is 3.76. The van der Waals surface area contributed by atoms with E-state index in [4.69, 9.17) is 4.74 Å². The van der Waals surface area contributed by atoms with Crippen LogP contribution >= 0.6 is 15.9 Å². The van der Waals surface area contributed by atoms with Crippen LogP contribution in [0.4, 0.5) is 0 Å². The highest BCUT2D eigenvalue weighted by Crippen LogP contribution is 2.26. The minimum absolute atomic E-state index is 0.145. The summed E-state index contributed by atoms with van der Waals surface area (Å²) in [6.07, 6.45) is 1.11. The Hall–Kier alpha value is -1.29. The smallest absolute Gasteiger partial charge is 0.261 e. The van der Waals surface area contributed by atoms with Gasteiger partial charge < -0.3 is 10.1 Å². The number of carbonyl (C=O) groups is 1. The van der Waals surface area contributed by atoms with E-state index in [0.29, 0.717) is 12.3 Å². The van der Waals surface area contributed by atoms with Gasteiger partial charge in [-0.3, -0.25) is 4.79 Å². The quantitative estimate of drug-likeness (QED) is 0.848. The fourth-order valence-electron chi connectivity index (χ4n) is 1.55. The van der Waals surface area contributed by atoms with Gasteiger partial charge in [-0.25, -0.2) is 0 Å². The van der Waals surface area contributed by atoms with Crippen LogP contribution in [0.2, 0.25) is 0 Å². The predicted molar refractivity (Wildman–Crippen MR) is 76.9 cm³/mol. The Morgan fingerprint density at radius 3 is 2.56 bits per heavy atom. The molecule has 1 rings (SSSR count). The maximum absolute atomic E-state index is 11.6. The summed E-state index contributed by atoms with van der Waals surface area (Å²) in [5.74, 6) is 0.558. The molecule has 1 atom stereocenters. The molecule has 3 nitrogen and oxygen atoms in total. The van der Waals surface area contributed by atoms with Gasteiger partial charge >= 0.3 is 0 Å². The van der Waals surface area contributed by atoms with Gasteiger partial charge in [-0.15, -0.1) is 6.58 Å². The van der Waals surface area contributed by atoms with Gasteiger partial charge in [-0.1, -0.05) is 22.0 Å². The summed E-state index contributed by atoms with van der Waals surface area (Å²) in [6.45, 7) is 9.71. The third kappa shape index (κ3) is 3.88.